The molecule has 16 heavy (non-hydrogen) atoms. The summed E-state index contributed by atoms with van der Waals surface area (Å²) in [4.78, 5) is 12.7. The standard InChI is InChI=1S/C11H12ClNO2S/c1-3-13-9(11(14)15-4-2)5-7-8(12)6-16-10(7)13/h5-6H,3-4H2,1-2H3. The molecule has 5 heteroatoms. The summed E-state index contributed by atoms with van der Waals surface area (Å²) in [7, 11) is 0. The Morgan fingerprint density at radius 3 is 2.94 bits per heavy atom. The van der Waals surface area contributed by atoms with E-state index < -0.39 is 0 Å². The van der Waals surface area contributed by atoms with Crippen LogP contribution in [0.2, 0.25) is 5.02 Å². The highest BCUT2D eigenvalue weighted by Gasteiger charge is 2.18. The van der Waals surface area contributed by atoms with E-state index in [9.17, 15) is 4.79 Å². The minimum Gasteiger partial charge on any atom is -0.461 e. The Bertz CT molecular complexity index is 529. The Kier molecular flexibility index (Phi) is 3.21. The van der Waals surface area contributed by atoms with Crippen LogP contribution in [0.4, 0.5) is 0 Å². The van der Waals surface area contributed by atoms with Crippen molar-refractivity contribution in [3.05, 3.63) is 22.2 Å². The smallest absolute Gasteiger partial charge is 0.354 e. The molecule has 0 atom stereocenters. The lowest BCUT2D eigenvalue weighted by Crippen LogP contribution is -2.10. The Hall–Kier alpha value is -1.00. The van der Waals surface area contributed by atoms with Crippen LogP contribution in [0.25, 0.3) is 10.2 Å². The van der Waals surface area contributed by atoms with Crippen molar-refractivity contribution in [1.82, 2.24) is 4.57 Å². The number of esters is 1. The van der Waals surface area contributed by atoms with Gasteiger partial charge in [-0.1, -0.05) is 11.6 Å². The number of aryl methyl sites for hydroxylation is 1. The summed E-state index contributed by atoms with van der Waals surface area (Å²) in [5.74, 6) is -0.288. The fraction of sp³-hybridized carbons (Fsp3) is 0.364. The maximum absolute atomic E-state index is 11.7. The number of halogens is 1. The second-order valence-electron chi connectivity index (χ2n) is 3.30. The zero-order valence-corrected chi connectivity index (χ0v) is 10.7. The van der Waals surface area contributed by atoms with Crippen molar-refractivity contribution in [1.29, 1.82) is 0 Å². The summed E-state index contributed by atoms with van der Waals surface area (Å²) in [6.07, 6.45) is 0. The Balaban J connectivity index is 2.56. The molecule has 0 aliphatic carbocycles. The third-order valence-corrected chi connectivity index (χ3v) is 3.84. The van der Waals surface area contributed by atoms with Crippen LogP contribution in [0, 0.1) is 0 Å². The molecule has 0 aliphatic heterocycles. The van der Waals surface area contributed by atoms with E-state index in [0.717, 1.165) is 16.8 Å². The van der Waals surface area contributed by atoms with Crippen molar-refractivity contribution in [2.45, 2.75) is 20.4 Å². The Morgan fingerprint density at radius 1 is 1.56 bits per heavy atom. The lowest BCUT2D eigenvalue weighted by Gasteiger charge is -2.05. The lowest BCUT2D eigenvalue weighted by atomic mass is 10.3. The normalized spacial score (nSPS) is 10.9. The van der Waals surface area contributed by atoms with Crippen LogP contribution in [0.1, 0.15) is 24.3 Å². The lowest BCUT2D eigenvalue weighted by molar-refractivity contribution is 0.0514. The van der Waals surface area contributed by atoms with Gasteiger partial charge in [0.1, 0.15) is 10.5 Å². The van der Waals surface area contributed by atoms with Crippen molar-refractivity contribution in [2.24, 2.45) is 0 Å². The number of ether oxygens (including phenoxy) is 1. The molecule has 0 N–H and O–H groups in total. The second-order valence-corrected chi connectivity index (χ2v) is 4.56. The minimum absolute atomic E-state index is 0.288. The number of rotatable bonds is 3. The van der Waals surface area contributed by atoms with E-state index in [2.05, 4.69) is 0 Å². The van der Waals surface area contributed by atoms with Gasteiger partial charge in [0.05, 0.1) is 11.6 Å². The van der Waals surface area contributed by atoms with Crippen LogP contribution in [-0.2, 0) is 11.3 Å². The number of hydrogen-bond donors (Lipinski definition) is 0. The highest BCUT2D eigenvalue weighted by atomic mass is 35.5. The molecule has 2 rings (SSSR count). The van der Waals surface area contributed by atoms with Crippen molar-refractivity contribution < 1.29 is 9.53 Å². The number of hydrogen-bond acceptors (Lipinski definition) is 3. The quantitative estimate of drug-likeness (QED) is 0.788. The van der Waals surface area contributed by atoms with Crippen LogP contribution < -0.4 is 0 Å². The molecular weight excluding hydrogens is 246 g/mol. The Labute approximate surface area is 103 Å². The first kappa shape index (κ1) is 11.5. The molecule has 0 radical (unpaired) electrons. The van der Waals surface area contributed by atoms with Gasteiger partial charge in [-0.25, -0.2) is 4.79 Å². The molecule has 0 saturated heterocycles. The third kappa shape index (κ3) is 1.72. The summed E-state index contributed by atoms with van der Waals surface area (Å²) in [5, 5.41) is 3.50. The van der Waals surface area contributed by atoms with E-state index in [1.165, 1.54) is 0 Å². The molecule has 0 saturated carbocycles. The fourth-order valence-corrected chi connectivity index (χ4v) is 3.01. The zero-order chi connectivity index (χ0) is 11.7. The van der Waals surface area contributed by atoms with Gasteiger partial charge >= 0.3 is 5.97 Å². The van der Waals surface area contributed by atoms with Gasteiger partial charge in [-0.05, 0) is 19.9 Å². The highest BCUT2D eigenvalue weighted by Crippen LogP contribution is 2.33. The SMILES string of the molecule is CCOC(=O)c1cc2c(Cl)csc2n1CC. The largest absolute Gasteiger partial charge is 0.461 e. The molecule has 86 valence electrons. The van der Waals surface area contributed by atoms with Gasteiger partial charge in [0.25, 0.3) is 0 Å². The molecule has 2 aromatic rings. The van der Waals surface area contributed by atoms with Crippen LogP contribution in [0.15, 0.2) is 11.4 Å². The number of thiophene rings is 1. The van der Waals surface area contributed by atoms with Gasteiger partial charge < -0.3 is 9.30 Å². The molecule has 0 bridgehead atoms. The van der Waals surface area contributed by atoms with Crippen LogP contribution >= 0.6 is 22.9 Å². The predicted molar refractivity (Wildman–Crippen MR) is 66.5 cm³/mol. The summed E-state index contributed by atoms with van der Waals surface area (Å²) in [5.41, 5.74) is 0.577. The maximum atomic E-state index is 11.7. The molecule has 0 unspecified atom stereocenters. The predicted octanol–water partition coefficient (Wildman–Crippen LogP) is 3.55. The monoisotopic (exact) mass is 257 g/mol. The molecule has 0 amide bonds. The average Bonchev–Trinajstić information content (AvgIpc) is 2.79. The van der Waals surface area contributed by atoms with E-state index in [0.29, 0.717) is 17.3 Å². The van der Waals surface area contributed by atoms with E-state index in [1.807, 2.05) is 16.9 Å². The van der Waals surface area contributed by atoms with E-state index in [-0.39, 0.29) is 5.97 Å². The summed E-state index contributed by atoms with van der Waals surface area (Å²) >= 11 is 7.59. The second kappa shape index (κ2) is 4.47. The summed E-state index contributed by atoms with van der Waals surface area (Å²) in [6, 6.07) is 1.80. The van der Waals surface area contributed by atoms with Crippen LogP contribution in [-0.4, -0.2) is 17.1 Å². The van der Waals surface area contributed by atoms with Crippen molar-refractivity contribution in [2.75, 3.05) is 6.61 Å². The molecule has 2 heterocycles. The maximum Gasteiger partial charge on any atom is 0.354 e. The van der Waals surface area contributed by atoms with Crippen LogP contribution in [0.5, 0.6) is 0 Å². The van der Waals surface area contributed by atoms with Gasteiger partial charge in [-0.2, -0.15) is 0 Å². The highest BCUT2D eigenvalue weighted by molar-refractivity contribution is 7.17. The molecule has 2 aromatic heterocycles. The number of fused-ring (bicyclic) bond motifs is 1. The average molecular weight is 258 g/mol. The first-order valence-corrected chi connectivity index (χ1v) is 6.38. The topological polar surface area (TPSA) is 31.2 Å². The van der Waals surface area contributed by atoms with Crippen molar-refractivity contribution >= 4 is 39.1 Å². The van der Waals surface area contributed by atoms with Crippen molar-refractivity contribution in [3.63, 3.8) is 0 Å². The molecule has 3 nitrogen and oxygen atoms in total. The number of aromatic nitrogens is 1. The fourth-order valence-electron chi connectivity index (χ4n) is 1.69. The molecule has 0 aliphatic rings. The van der Waals surface area contributed by atoms with Gasteiger partial charge in [0.2, 0.25) is 0 Å². The van der Waals surface area contributed by atoms with Gasteiger partial charge in [0, 0.05) is 17.3 Å². The van der Waals surface area contributed by atoms with Crippen molar-refractivity contribution in [3.8, 4) is 0 Å². The summed E-state index contributed by atoms with van der Waals surface area (Å²) in [6.45, 7) is 4.91. The van der Waals surface area contributed by atoms with Crippen LogP contribution in [0.3, 0.4) is 0 Å². The Morgan fingerprint density at radius 2 is 2.31 bits per heavy atom. The third-order valence-electron chi connectivity index (χ3n) is 2.38. The molecule has 0 spiro atoms. The van der Waals surface area contributed by atoms with E-state index >= 15 is 0 Å². The van der Waals surface area contributed by atoms with Gasteiger partial charge in [0.15, 0.2) is 0 Å². The first-order valence-electron chi connectivity index (χ1n) is 5.12. The van der Waals surface area contributed by atoms with Gasteiger partial charge in [-0.15, -0.1) is 11.3 Å². The van der Waals surface area contributed by atoms with E-state index in [4.69, 9.17) is 16.3 Å². The number of carbonyl (C=O) groups excluding carboxylic acids is 1. The van der Waals surface area contributed by atoms with E-state index in [1.54, 1.807) is 24.3 Å². The molecule has 0 fully saturated rings. The summed E-state index contributed by atoms with van der Waals surface area (Å²) < 4.78 is 6.95. The number of carbonyl (C=O) groups is 1. The first-order chi connectivity index (χ1) is 7.69. The molecular formula is C11H12ClNO2S. The zero-order valence-electron chi connectivity index (χ0n) is 9.12. The molecule has 0 aromatic carbocycles. The number of nitrogens with zero attached hydrogens (tertiary/aromatic N) is 1. The minimum atomic E-state index is -0.288. The van der Waals surface area contributed by atoms with Gasteiger partial charge in [-0.3, -0.25) is 0 Å².